The molecular formula is C37H34ClN3O3. The van der Waals surface area contributed by atoms with Gasteiger partial charge in [-0.2, -0.15) is 0 Å². The number of carboxylic acids is 1. The molecule has 1 amide bonds. The van der Waals surface area contributed by atoms with Gasteiger partial charge in [0.25, 0.3) is 0 Å². The molecular weight excluding hydrogens is 570 g/mol. The van der Waals surface area contributed by atoms with Gasteiger partial charge >= 0.3 is 5.97 Å². The van der Waals surface area contributed by atoms with E-state index in [0.717, 1.165) is 73.6 Å². The Balaban J connectivity index is 1.23. The third-order valence-electron chi connectivity index (χ3n) is 8.48. The predicted molar refractivity (Wildman–Crippen MR) is 179 cm³/mol. The van der Waals surface area contributed by atoms with Crippen LogP contribution in [0.3, 0.4) is 0 Å². The van der Waals surface area contributed by atoms with E-state index in [0.29, 0.717) is 10.6 Å². The molecule has 2 N–H and O–H groups in total. The largest absolute Gasteiger partial charge is 0.478 e. The summed E-state index contributed by atoms with van der Waals surface area (Å²) in [5.41, 5.74) is 9.95. The fourth-order valence-corrected chi connectivity index (χ4v) is 6.38. The molecule has 2 aliphatic rings. The predicted octanol–water partition coefficient (Wildman–Crippen LogP) is 7.40. The number of aromatic carboxylic acids is 1. The molecule has 7 heteroatoms. The lowest BCUT2D eigenvalue weighted by molar-refractivity contribution is -0.111. The molecule has 1 aliphatic heterocycles. The summed E-state index contributed by atoms with van der Waals surface area (Å²) >= 11 is 6.25. The van der Waals surface area contributed by atoms with Crippen molar-refractivity contribution in [2.75, 3.05) is 42.9 Å². The molecule has 44 heavy (non-hydrogen) atoms. The van der Waals surface area contributed by atoms with Gasteiger partial charge in [-0.25, -0.2) is 4.79 Å². The van der Waals surface area contributed by atoms with Crippen molar-refractivity contribution in [1.29, 1.82) is 0 Å². The third kappa shape index (κ3) is 6.32. The SMILES string of the molecule is C=CC(=O)Nc1ccc2c(c1)CCC(CN1CCN(c3ccc(C(=O)O)c(-c4ccccc4)c3)CC1)=C2c1ccc(Cl)cc1. The van der Waals surface area contributed by atoms with Gasteiger partial charge in [-0.15, -0.1) is 0 Å². The van der Waals surface area contributed by atoms with Crippen LogP contribution >= 0.6 is 11.6 Å². The summed E-state index contributed by atoms with van der Waals surface area (Å²) in [6, 6.07) is 29.6. The molecule has 6 rings (SSSR count). The average Bonchev–Trinajstić information content (AvgIpc) is 3.05. The van der Waals surface area contributed by atoms with Crippen LogP contribution in [0.1, 0.15) is 33.5 Å². The lowest BCUT2D eigenvalue weighted by Gasteiger charge is -2.38. The maximum absolute atomic E-state index is 12.0. The number of anilines is 2. The number of amides is 1. The summed E-state index contributed by atoms with van der Waals surface area (Å²) in [6.45, 7) is 7.94. The molecule has 1 heterocycles. The van der Waals surface area contributed by atoms with Crippen LogP contribution in [-0.4, -0.2) is 54.6 Å². The molecule has 0 spiro atoms. The minimum absolute atomic E-state index is 0.219. The number of benzene rings is 4. The Kier molecular flexibility index (Phi) is 8.64. The summed E-state index contributed by atoms with van der Waals surface area (Å²) in [4.78, 5) is 28.7. The first-order chi connectivity index (χ1) is 21.4. The average molecular weight is 604 g/mol. The summed E-state index contributed by atoms with van der Waals surface area (Å²) < 4.78 is 0. The van der Waals surface area contributed by atoms with Crippen LogP contribution in [0, 0.1) is 0 Å². The summed E-state index contributed by atoms with van der Waals surface area (Å²) in [7, 11) is 0. The van der Waals surface area contributed by atoms with E-state index in [9.17, 15) is 14.7 Å². The minimum atomic E-state index is -0.920. The van der Waals surface area contributed by atoms with Gasteiger partial charge in [0.2, 0.25) is 5.91 Å². The number of hydrogen-bond donors (Lipinski definition) is 2. The van der Waals surface area contributed by atoms with Crippen molar-refractivity contribution in [3.63, 3.8) is 0 Å². The van der Waals surface area contributed by atoms with Gasteiger partial charge in [-0.05, 0) is 100 Å². The lowest BCUT2D eigenvalue weighted by Crippen LogP contribution is -2.47. The fourth-order valence-electron chi connectivity index (χ4n) is 6.26. The second-order valence-corrected chi connectivity index (χ2v) is 11.7. The molecule has 1 fully saturated rings. The number of carboxylic acid groups (broad SMARTS) is 1. The number of halogens is 1. The molecule has 0 aromatic heterocycles. The smallest absolute Gasteiger partial charge is 0.336 e. The fraction of sp³-hybridized carbons (Fsp3) is 0.189. The normalized spacial score (nSPS) is 15.1. The van der Waals surface area contributed by atoms with E-state index < -0.39 is 5.97 Å². The Bertz CT molecular complexity index is 1740. The first-order valence-electron chi connectivity index (χ1n) is 14.8. The second-order valence-electron chi connectivity index (χ2n) is 11.2. The van der Waals surface area contributed by atoms with E-state index in [1.165, 1.54) is 28.3 Å². The molecule has 0 atom stereocenters. The monoisotopic (exact) mass is 603 g/mol. The van der Waals surface area contributed by atoms with Crippen LogP contribution in [0.25, 0.3) is 16.7 Å². The molecule has 4 aromatic rings. The highest BCUT2D eigenvalue weighted by Crippen LogP contribution is 2.38. The number of fused-ring (bicyclic) bond motifs is 1. The zero-order valence-electron chi connectivity index (χ0n) is 24.4. The maximum Gasteiger partial charge on any atom is 0.336 e. The topological polar surface area (TPSA) is 72.9 Å². The van der Waals surface area contributed by atoms with Crippen molar-refractivity contribution in [3.05, 3.63) is 137 Å². The zero-order chi connectivity index (χ0) is 30.6. The minimum Gasteiger partial charge on any atom is -0.478 e. The number of nitrogens with zero attached hydrogens (tertiary/aromatic N) is 2. The first-order valence-corrected chi connectivity index (χ1v) is 15.2. The van der Waals surface area contributed by atoms with Gasteiger partial charge in [0.15, 0.2) is 0 Å². The second kappa shape index (κ2) is 12.9. The van der Waals surface area contributed by atoms with Gasteiger partial charge < -0.3 is 15.3 Å². The van der Waals surface area contributed by atoms with Crippen molar-refractivity contribution in [2.24, 2.45) is 0 Å². The van der Waals surface area contributed by atoms with Crippen LogP contribution in [0.15, 0.2) is 109 Å². The van der Waals surface area contributed by atoms with Crippen molar-refractivity contribution in [2.45, 2.75) is 12.8 Å². The molecule has 0 radical (unpaired) electrons. The molecule has 0 saturated carbocycles. The van der Waals surface area contributed by atoms with Gasteiger partial charge in [0.05, 0.1) is 5.56 Å². The van der Waals surface area contributed by atoms with Gasteiger partial charge in [0, 0.05) is 49.1 Å². The van der Waals surface area contributed by atoms with E-state index in [2.05, 4.69) is 46.0 Å². The van der Waals surface area contributed by atoms with Crippen molar-refractivity contribution >= 4 is 40.4 Å². The van der Waals surface area contributed by atoms with Crippen LogP contribution in [-0.2, 0) is 11.2 Å². The summed E-state index contributed by atoms with van der Waals surface area (Å²) in [6.07, 6.45) is 3.11. The Morgan fingerprint density at radius 2 is 1.59 bits per heavy atom. The molecule has 0 unspecified atom stereocenters. The van der Waals surface area contributed by atoms with E-state index in [1.807, 2.05) is 60.7 Å². The van der Waals surface area contributed by atoms with E-state index in [1.54, 1.807) is 6.07 Å². The highest BCUT2D eigenvalue weighted by Gasteiger charge is 2.25. The van der Waals surface area contributed by atoms with Crippen LogP contribution < -0.4 is 10.2 Å². The number of piperazine rings is 1. The highest BCUT2D eigenvalue weighted by molar-refractivity contribution is 6.30. The number of nitrogens with one attached hydrogen (secondary N) is 1. The number of rotatable bonds is 8. The Labute approximate surface area is 262 Å². The van der Waals surface area contributed by atoms with Crippen LogP contribution in [0.5, 0.6) is 0 Å². The molecule has 222 valence electrons. The first kappa shape index (κ1) is 29.4. The van der Waals surface area contributed by atoms with Gasteiger partial charge in [-0.1, -0.05) is 66.7 Å². The van der Waals surface area contributed by atoms with Gasteiger partial charge in [0.1, 0.15) is 0 Å². The molecule has 6 nitrogen and oxygen atoms in total. The number of carbonyl (C=O) groups is 2. The molecule has 1 aliphatic carbocycles. The Hall–Kier alpha value is -4.65. The maximum atomic E-state index is 12.0. The molecule has 1 saturated heterocycles. The number of aryl methyl sites for hydroxylation is 1. The van der Waals surface area contributed by atoms with Crippen LogP contribution in [0.2, 0.25) is 5.02 Å². The van der Waals surface area contributed by atoms with Crippen molar-refractivity contribution in [1.82, 2.24) is 4.90 Å². The van der Waals surface area contributed by atoms with E-state index >= 15 is 0 Å². The van der Waals surface area contributed by atoms with Crippen molar-refractivity contribution < 1.29 is 14.7 Å². The highest BCUT2D eigenvalue weighted by atomic mass is 35.5. The standard InChI is InChI=1S/C37H34ClN3O3/c1-2-35(42)39-30-14-16-32-27(22-30)8-9-28(36(32)26-10-12-29(38)13-11-26)24-40-18-20-41(21-19-40)31-15-17-33(37(43)44)34(23-31)25-6-4-3-5-7-25/h2-7,10-17,22-23H,1,8-9,18-21,24H2,(H,39,42)(H,43,44). The Morgan fingerprint density at radius 3 is 2.30 bits per heavy atom. The van der Waals surface area contributed by atoms with Crippen LogP contribution in [0.4, 0.5) is 11.4 Å². The quantitative estimate of drug-likeness (QED) is 0.205. The summed E-state index contributed by atoms with van der Waals surface area (Å²) in [5, 5.41) is 13.4. The third-order valence-corrected chi connectivity index (χ3v) is 8.73. The van der Waals surface area contributed by atoms with E-state index in [-0.39, 0.29) is 5.91 Å². The summed E-state index contributed by atoms with van der Waals surface area (Å²) in [5.74, 6) is -1.14. The zero-order valence-corrected chi connectivity index (χ0v) is 25.2. The molecule has 0 bridgehead atoms. The van der Waals surface area contributed by atoms with Gasteiger partial charge in [-0.3, -0.25) is 9.69 Å². The number of hydrogen-bond acceptors (Lipinski definition) is 4. The lowest BCUT2D eigenvalue weighted by atomic mass is 9.81. The molecule has 4 aromatic carbocycles. The Morgan fingerprint density at radius 1 is 0.841 bits per heavy atom. The number of carbonyl (C=O) groups excluding carboxylic acids is 1. The van der Waals surface area contributed by atoms with E-state index in [4.69, 9.17) is 11.6 Å². The van der Waals surface area contributed by atoms with Crippen molar-refractivity contribution in [3.8, 4) is 11.1 Å².